The fourth-order valence-electron chi connectivity index (χ4n) is 2.60. The third-order valence-electron chi connectivity index (χ3n) is 3.78. The molecule has 1 aromatic carbocycles. The van der Waals surface area contributed by atoms with Crippen molar-refractivity contribution in [3.63, 3.8) is 0 Å². The Morgan fingerprint density at radius 3 is 2.53 bits per heavy atom. The number of Topliss-reactive ketones (excluding diaryl/α,β-unsaturated/α-hetero) is 2. The molecule has 0 saturated heterocycles. The van der Waals surface area contributed by atoms with E-state index in [-0.39, 0.29) is 29.7 Å². The molecule has 0 N–H and O–H groups in total. The molecule has 1 aliphatic rings. The summed E-state index contributed by atoms with van der Waals surface area (Å²) >= 11 is 0. The van der Waals surface area contributed by atoms with Gasteiger partial charge in [-0.15, -0.1) is 0 Å². The second kappa shape index (κ2) is 6.60. The van der Waals surface area contributed by atoms with Crippen molar-refractivity contribution in [2.75, 3.05) is 0 Å². The maximum atomic E-state index is 12.8. The van der Waals surface area contributed by atoms with Crippen LogP contribution in [0.5, 0.6) is 0 Å². The van der Waals surface area contributed by atoms with E-state index in [4.69, 9.17) is 0 Å². The number of rotatable bonds is 3. The van der Waals surface area contributed by atoms with Crippen LogP contribution in [0.25, 0.3) is 0 Å². The van der Waals surface area contributed by atoms with Gasteiger partial charge >= 0.3 is 0 Å². The molecule has 0 heterocycles. The molecule has 1 atom stereocenters. The summed E-state index contributed by atoms with van der Waals surface area (Å²) in [4.78, 5) is 24.1. The number of ketones is 2. The van der Waals surface area contributed by atoms with Crippen LogP contribution in [-0.4, -0.2) is 11.6 Å². The molecular weight excluding hydrogens is 243 g/mol. The van der Waals surface area contributed by atoms with Crippen LogP contribution in [0.15, 0.2) is 24.3 Å². The Morgan fingerprint density at radius 2 is 1.79 bits per heavy atom. The molecule has 0 aliphatic heterocycles. The van der Waals surface area contributed by atoms with Gasteiger partial charge in [0.25, 0.3) is 0 Å². The molecule has 0 radical (unpaired) electrons. The molecule has 1 aromatic rings. The monoisotopic (exact) mass is 262 g/mol. The summed E-state index contributed by atoms with van der Waals surface area (Å²) in [6, 6.07) is 5.55. The van der Waals surface area contributed by atoms with E-state index in [1.165, 1.54) is 24.3 Å². The lowest BCUT2D eigenvalue weighted by Gasteiger charge is -2.17. The zero-order valence-corrected chi connectivity index (χ0v) is 11.0. The Bertz CT molecular complexity index is 450. The minimum Gasteiger partial charge on any atom is -0.299 e. The van der Waals surface area contributed by atoms with Crippen molar-refractivity contribution in [2.24, 2.45) is 5.92 Å². The van der Waals surface area contributed by atoms with Crippen molar-refractivity contribution < 1.29 is 14.0 Å². The van der Waals surface area contributed by atoms with Crippen LogP contribution in [0.2, 0.25) is 0 Å². The largest absolute Gasteiger partial charge is 0.299 e. The Morgan fingerprint density at radius 1 is 1.11 bits per heavy atom. The van der Waals surface area contributed by atoms with Gasteiger partial charge in [0.1, 0.15) is 11.6 Å². The summed E-state index contributed by atoms with van der Waals surface area (Å²) in [6.45, 7) is 0. The van der Waals surface area contributed by atoms with Crippen molar-refractivity contribution in [2.45, 2.75) is 44.9 Å². The third kappa shape index (κ3) is 3.98. The van der Waals surface area contributed by atoms with Crippen molar-refractivity contribution in [1.82, 2.24) is 0 Å². The average molecular weight is 262 g/mol. The first-order valence-electron chi connectivity index (χ1n) is 6.98. The Balaban J connectivity index is 2.00. The van der Waals surface area contributed by atoms with Gasteiger partial charge in [-0.1, -0.05) is 19.3 Å². The molecule has 3 heteroatoms. The highest BCUT2D eigenvalue weighted by molar-refractivity contribution is 5.98. The van der Waals surface area contributed by atoms with Gasteiger partial charge in [-0.3, -0.25) is 9.59 Å². The van der Waals surface area contributed by atoms with Crippen LogP contribution >= 0.6 is 0 Å². The molecule has 1 aliphatic carbocycles. The van der Waals surface area contributed by atoms with E-state index in [2.05, 4.69) is 0 Å². The van der Waals surface area contributed by atoms with Gasteiger partial charge in [0.15, 0.2) is 5.78 Å². The normalized spacial score (nSPS) is 20.7. The Labute approximate surface area is 113 Å². The van der Waals surface area contributed by atoms with E-state index in [0.29, 0.717) is 12.0 Å². The lowest BCUT2D eigenvalue weighted by Crippen LogP contribution is -2.20. The summed E-state index contributed by atoms with van der Waals surface area (Å²) in [5, 5.41) is 0. The summed E-state index contributed by atoms with van der Waals surface area (Å²) in [5.74, 6) is -0.328. The topological polar surface area (TPSA) is 34.1 Å². The Hall–Kier alpha value is -1.51. The maximum absolute atomic E-state index is 12.8. The van der Waals surface area contributed by atoms with E-state index < -0.39 is 0 Å². The van der Waals surface area contributed by atoms with Crippen molar-refractivity contribution in [3.8, 4) is 0 Å². The van der Waals surface area contributed by atoms with E-state index in [1.807, 2.05) is 0 Å². The van der Waals surface area contributed by atoms with Crippen molar-refractivity contribution in [3.05, 3.63) is 35.6 Å². The lowest BCUT2D eigenvalue weighted by molar-refractivity contribution is -0.123. The number of carbonyl (C=O) groups excluding carboxylic acids is 2. The molecule has 19 heavy (non-hydrogen) atoms. The molecule has 0 aromatic heterocycles. The van der Waals surface area contributed by atoms with E-state index >= 15 is 0 Å². The summed E-state index contributed by atoms with van der Waals surface area (Å²) in [7, 11) is 0. The van der Waals surface area contributed by atoms with Crippen LogP contribution in [0.3, 0.4) is 0 Å². The number of hydrogen-bond donors (Lipinski definition) is 0. The molecule has 0 bridgehead atoms. The highest BCUT2D eigenvalue weighted by atomic mass is 19.1. The van der Waals surface area contributed by atoms with Gasteiger partial charge in [-0.25, -0.2) is 4.39 Å². The zero-order chi connectivity index (χ0) is 13.7. The summed E-state index contributed by atoms with van der Waals surface area (Å²) < 4.78 is 12.8. The highest BCUT2D eigenvalue weighted by Gasteiger charge is 2.23. The second-order valence-electron chi connectivity index (χ2n) is 5.25. The minimum absolute atomic E-state index is 0.0566. The minimum atomic E-state index is -0.349. The van der Waals surface area contributed by atoms with Gasteiger partial charge in [0.05, 0.1) is 0 Å². The van der Waals surface area contributed by atoms with E-state index in [1.54, 1.807) is 0 Å². The third-order valence-corrected chi connectivity index (χ3v) is 3.78. The van der Waals surface area contributed by atoms with Gasteiger partial charge in [-0.05, 0) is 37.1 Å². The van der Waals surface area contributed by atoms with Crippen LogP contribution < -0.4 is 0 Å². The maximum Gasteiger partial charge on any atom is 0.163 e. The summed E-state index contributed by atoms with van der Waals surface area (Å²) in [6.07, 6.45) is 5.91. The van der Waals surface area contributed by atoms with Crippen LogP contribution in [0, 0.1) is 11.7 Å². The van der Waals surface area contributed by atoms with E-state index in [0.717, 1.165) is 32.1 Å². The molecule has 2 rings (SSSR count). The van der Waals surface area contributed by atoms with Crippen molar-refractivity contribution in [1.29, 1.82) is 0 Å². The zero-order valence-electron chi connectivity index (χ0n) is 11.0. The quantitative estimate of drug-likeness (QED) is 0.773. The van der Waals surface area contributed by atoms with Crippen molar-refractivity contribution >= 4 is 11.6 Å². The fraction of sp³-hybridized carbons (Fsp3) is 0.500. The molecule has 102 valence electrons. The Kier molecular flexibility index (Phi) is 4.83. The number of halogens is 1. The van der Waals surface area contributed by atoms with E-state index in [9.17, 15) is 14.0 Å². The van der Waals surface area contributed by atoms with Gasteiger partial charge in [-0.2, -0.15) is 0 Å². The van der Waals surface area contributed by atoms with Gasteiger partial charge in [0, 0.05) is 24.3 Å². The molecule has 0 spiro atoms. The van der Waals surface area contributed by atoms with Crippen LogP contribution in [0.1, 0.15) is 55.3 Å². The standard InChI is InChI=1S/C16H19FO2/c17-14-9-7-12(8-10-14)16(19)11-13-5-3-1-2-4-6-15(13)18/h7-10,13H,1-6,11H2. The smallest absolute Gasteiger partial charge is 0.163 e. The first-order valence-corrected chi connectivity index (χ1v) is 6.98. The molecule has 0 amide bonds. The van der Waals surface area contributed by atoms with Gasteiger partial charge in [0.2, 0.25) is 0 Å². The highest BCUT2D eigenvalue weighted by Crippen LogP contribution is 2.23. The SMILES string of the molecule is O=C(CC1CCCCCCC1=O)c1ccc(F)cc1. The van der Waals surface area contributed by atoms with Crippen LogP contribution in [-0.2, 0) is 4.79 Å². The van der Waals surface area contributed by atoms with Crippen LogP contribution in [0.4, 0.5) is 4.39 Å². The summed E-state index contributed by atoms with van der Waals surface area (Å²) in [5.41, 5.74) is 0.497. The second-order valence-corrected chi connectivity index (χ2v) is 5.25. The fourth-order valence-corrected chi connectivity index (χ4v) is 2.60. The van der Waals surface area contributed by atoms with Gasteiger partial charge < -0.3 is 0 Å². The number of benzene rings is 1. The molecule has 1 unspecified atom stereocenters. The number of hydrogen-bond acceptors (Lipinski definition) is 2. The molecule has 1 fully saturated rings. The molecular formula is C16H19FO2. The predicted molar refractivity (Wildman–Crippen MR) is 71.5 cm³/mol. The molecule has 2 nitrogen and oxygen atoms in total. The molecule has 1 saturated carbocycles. The predicted octanol–water partition coefficient (Wildman–Crippen LogP) is 3.94. The first kappa shape index (κ1) is 13.9. The number of carbonyl (C=O) groups is 2. The lowest BCUT2D eigenvalue weighted by atomic mass is 9.85. The first-order chi connectivity index (χ1) is 9.16. The average Bonchev–Trinajstić information content (AvgIpc) is 2.39.